The van der Waals surface area contributed by atoms with Crippen LogP contribution in [0.3, 0.4) is 0 Å². The minimum absolute atomic E-state index is 0.0802. The molecule has 0 saturated carbocycles. The van der Waals surface area contributed by atoms with Crippen LogP contribution in [0.1, 0.15) is 13.8 Å². The lowest BCUT2D eigenvalue weighted by Gasteiger charge is -2.14. The van der Waals surface area contributed by atoms with E-state index in [2.05, 4.69) is 25.6 Å². The Morgan fingerprint density at radius 3 is 2.83 bits per heavy atom. The van der Waals surface area contributed by atoms with Gasteiger partial charge in [-0.25, -0.2) is 0 Å². The van der Waals surface area contributed by atoms with Crippen molar-refractivity contribution in [2.45, 2.75) is 30.0 Å². The predicted molar refractivity (Wildman–Crippen MR) is 91.1 cm³/mol. The molecule has 1 atom stereocenters. The number of halogens is 2. The second-order valence-corrected chi connectivity index (χ2v) is 7.09. The van der Waals surface area contributed by atoms with E-state index in [-0.39, 0.29) is 17.3 Å². The molecule has 1 heterocycles. The third kappa shape index (κ3) is 5.31. The summed E-state index contributed by atoms with van der Waals surface area (Å²) in [6.07, 6.45) is 0. The Bertz CT molecular complexity index is 684. The van der Waals surface area contributed by atoms with Crippen LogP contribution in [0.4, 0.5) is 19.6 Å². The summed E-state index contributed by atoms with van der Waals surface area (Å²) in [7, 11) is 0. The number of benzene rings is 1. The maximum Gasteiger partial charge on any atom is 0.387 e. The van der Waals surface area contributed by atoms with Crippen molar-refractivity contribution in [2.24, 2.45) is 0 Å². The van der Waals surface area contributed by atoms with Crippen molar-refractivity contribution in [3.8, 4) is 5.75 Å². The van der Waals surface area contributed by atoms with Crippen LogP contribution < -0.4 is 15.4 Å². The zero-order chi connectivity index (χ0) is 17.5. The number of alkyl halides is 2. The Labute approximate surface area is 146 Å². The minimum Gasteiger partial charge on any atom is -0.433 e. The van der Waals surface area contributed by atoms with E-state index in [9.17, 15) is 13.6 Å². The standard InChI is InChI=1S/C14H16F2N4O2S2/c1-3-17-13-19-20-14(24-13)23-8(2)11(21)18-9-6-4-5-7-10(9)22-12(15)16/h4-8,12H,3H2,1-2H3,(H,17,19)(H,18,21). The van der Waals surface area contributed by atoms with Gasteiger partial charge in [0.25, 0.3) is 0 Å². The Morgan fingerprint density at radius 1 is 1.38 bits per heavy atom. The molecule has 0 saturated heterocycles. The molecule has 1 aromatic carbocycles. The summed E-state index contributed by atoms with van der Waals surface area (Å²) < 4.78 is 29.8. The third-order valence-corrected chi connectivity index (χ3v) is 4.81. The number of rotatable bonds is 8. The van der Waals surface area contributed by atoms with Crippen LogP contribution in [0.5, 0.6) is 5.75 Å². The fourth-order valence-corrected chi connectivity index (χ4v) is 3.65. The highest BCUT2D eigenvalue weighted by molar-refractivity contribution is 8.02. The molecule has 0 aliphatic carbocycles. The molecule has 1 aromatic heterocycles. The van der Waals surface area contributed by atoms with Gasteiger partial charge in [-0.15, -0.1) is 10.2 Å². The zero-order valence-electron chi connectivity index (χ0n) is 13.0. The van der Waals surface area contributed by atoms with Crippen molar-refractivity contribution in [2.75, 3.05) is 17.2 Å². The Balaban J connectivity index is 1.98. The predicted octanol–water partition coefficient (Wildman–Crippen LogP) is 3.69. The molecule has 10 heteroatoms. The SMILES string of the molecule is CCNc1nnc(SC(C)C(=O)Nc2ccccc2OC(F)F)s1. The first-order valence-electron chi connectivity index (χ1n) is 7.08. The Morgan fingerprint density at radius 2 is 2.12 bits per heavy atom. The van der Waals surface area contributed by atoms with Crippen molar-refractivity contribution < 1.29 is 18.3 Å². The zero-order valence-corrected chi connectivity index (χ0v) is 14.6. The average Bonchev–Trinajstić information content (AvgIpc) is 2.96. The molecule has 0 fully saturated rings. The molecule has 0 spiro atoms. The second kappa shape index (κ2) is 8.78. The van der Waals surface area contributed by atoms with E-state index in [0.717, 1.165) is 6.54 Å². The van der Waals surface area contributed by atoms with Gasteiger partial charge < -0.3 is 15.4 Å². The highest BCUT2D eigenvalue weighted by Gasteiger charge is 2.19. The molecule has 6 nitrogen and oxygen atoms in total. The van der Waals surface area contributed by atoms with Crippen LogP contribution in [-0.4, -0.2) is 34.5 Å². The number of hydrogen-bond donors (Lipinski definition) is 2. The Kier molecular flexibility index (Phi) is 6.73. The summed E-state index contributed by atoms with van der Waals surface area (Å²) in [5, 5.41) is 13.8. The van der Waals surface area contributed by atoms with Crippen LogP contribution in [0.15, 0.2) is 28.6 Å². The third-order valence-electron chi connectivity index (χ3n) is 2.74. The van der Waals surface area contributed by atoms with Crippen LogP contribution in [-0.2, 0) is 4.79 Å². The maximum atomic E-state index is 12.4. The van der Waals surface area contributed by atoms with Gasteiger partial charge in [0.05, 0.1) is 10.9 Å². The summed E-state index contributed by atoms with van der Waals surface area (Å²) in [5.74, 6) is -0.422. The number of hydrogen-bond acceptors (Lipinski definition) is 7. The van der Waals surface area contributed by atoms with Crippen molar-refractivity contribution in [1.82, 2.24) is 10.2 Å². The molecule has 2 rings (SSSR count). The maximum absolute atomic E-state index is 12.4. The number of aromatic nitrogens is 2. The largest absolute Gasteiger partial charge is 0.433 e. The van der Waals surface area contributed by atoms with Gasteiger partial charge in [-0.2, -0.15) is 8.78 Å². The normalized spacial score (nSPS) is 12.0. The fraction of sp³-hybridized carbons (Fsp3) is 0.357. The number of carbonyl (C=O) groups excluding carboxylic acids is 1. The van der Waals surface area contributed by atoms with Crippen LogP contribution in [0.2, 0.25) is 0 Å². The number of nitrogens with zero attached hydrogens (tertiary/aromatic N) is 2. The van der Waals surface area contributed by atoms with E-state index in [0.29, 0.717) is 9.47 Å². The van der Waals surface area contributed by atoms with E-state index in [1.165, 1.54) is 35.2 Å². The molecule has 2 aromatic rings. The van der Waals surface area contributed by atoms with E-state index in [1.54, 1.807) is 19.1 Å². The van der Waals surface area contributed by atoms with E-state index >= 15 is 0 Å². The number of carbonyl (C=O) groups is 1. The molecule has 1 amide bonds. The number of amides is 1. The number of anilines is 2. The van der Waals surface area contributed by atoms with Crippen LogP contribution in [0, 0.1) is 0 Å². The molecule has 1 unspecified atom stereocenters. The quantitative estimate of drug-likeness (QED) is 0.687. The van der Waals surface area contributed by atoms with E-state index in [1.807, 2.05) is 6.92 Å². The topological polar surface area (TPSA) is 76.1 Å². The fourth-order valence-electron chi connectivity index (χ4n) is 1.69. The first kappa shape index (κ1) is 18.4. The van der Waals surface area contributed by atoms with E-state index < -0.39 is 11.9 Å². The summed E-state index contributed by atoms with van der Waals surface area (Å²) in [5.41, 5.74) is 0.195. The lowest BCUT2D eigenvalue weighted by atomic mass is 10.3. The first-order valence-corrected chi connectivity index (χ1v) is 8.78. The molecule has 0 aliphatic heterocycles. The van der Waals surface area contributed by atoms with Crippen LogP contribution in [0.25, 0.3) is 0 Å². The van der Waals surface area contributed by atoms with Gasteiger partial charge in [0.15, 0.2) is 4.34 Å². The highest BCUT2D eigenvalue weighted by atomic mass is 32.2. The van der Waals surface area contributed by atoms with Gasteiger partial charge in [0.2, 0.25) is 11.0 Å². The molecule has 24 heavy (non-hydrogen) atoms. The number of ether oxygens (including phenoxy) is 1. The van der Waals surface area contributed by atoms with Crippen LogP contribution >= 0.6 is 23.1 Å². The van der Waals surface area contributed by atoms with Crippen molar-refractivity contribution >= 4 is 39.8 Å². The Hall–Kier alpha value is -1.94. The van der Waals surface area contributed by atoms with Gasteiger partial charge in [-0.1, -0.05) is 35.2 Å². The molecule has 0 radical (unpaired) electrons. The summed E-state index contributed by atoms with van der Waals surface area (Å²) >= 11 is 2.59. The summed E-state index contributed by atoms with van der Waals surface area (Å²) in [4.78, 5) is 12.3. The molecule has 0 bridgehead atoms. The second-order valence-electron chi connectivity index (χ2n) is 4.53. The molecular formula is C14H16F2N4O2S2. The lowest BCUT2D eigenvalue weighted by Crippen LogP contribution is -2.23. The monoisotopic (exact) mass is 374 g/mol. The minimum atomic E-state index is -2.96. The van der Waals surface area contributed by atoms with Gasteiger partial charge >= 0.3 is 6.61 Å². The average molecular weight is 374 g/mol. The lowest BCUT2D eigenvalue weighted by molar-refractivity contribution is -0.115. The first-order chi connectivity index (χ1) is 11.5. The van der Waals surface area contributed by atoms with Gasteiger partial charge in [0.1, 0.15) is 5.75 Å². The molecule has 2 N–H and O–H groups in total. The number of nitrogens with one attached hydrogen (secondary N) is 2. The van der Waals surface area contributed by atoms with Gasteiger partial charge in [-0.05, 0) is 26.0 Å². The van der Waals surface area contributed by atoms with Crippen molar-refractivity contribution in [3.05, 3.63) is 24.3 Å². The van der Waals surface area contributed by atoms with Gasteiger partial charge in [0, 0.05) is 6.54 Å². The molecule has 130 valence electrons. The summed E-state index contributed by atoms with van der Waals surface area (Å²) in [6.45, 7) is 1.42. The summed E-state index contributed by atoms with van der Waals surface area (Å²) in [6, 6.07) is 6.04. The number of thioether (sulfide) groups is 1. The van der Waals surface area contributed by atoms with Gasteiger partial charge in [-0.3, -0.25) is 4.79 Å². The number of para-hydroxylation sites is 2. The van der Waals surface area contributed by atoms with Crippen molar-refractivity contribution in [1.29, 1.82) is 0 Å². The molecule has 0 aliphatic rings. The molecular weight excluding hydrogens is 358 g/mol. The van der Waals surface area contributed by atoms with Crippen molar-refractivity contribution in [3.63, 3.8) is 0 Å². The smallest absolute Gasteiger partial charge is 0.387 e. The highest BCUT2D eigenvalue weighted by Crippen LogP contribution is 2.31. The van der Waals surface area contributed by atoms with E-state index in [4.69, 9.17) is 0 Å².